The first kappa shape index (κ1) is 21.0. The Morgan fingerprint density at radius 3 is 2.31 bits per heavy atom. The zero-order valence-corrected chi connectivity index (χ0v) is 18.4. The molecule has 8 heteroatoms. The molecule has 1 N–H and O–H groups in total. The summed E-state index contributed by atoms with van der Waals surface area (Å²) in [5.74, 6) is 1.73. The molecule has 0 saturated heterocycles. The predicted octanol–water partition coefficient (Wildman–Crippen LogP) is 4.41. The fourth-order valence-corrected chi connectivity index (χ4v) is 3.34. The lowest BCUT2D eigenvalue weighted by molar-refractivity contribution is 0.355. The molecule has 0 aliphatic carbocycles. The molecule has 0 saturated carbocycles. The second kappa shape index (κ2) is 9.30. The maximum absolute atomic E-state index is 5.47. The summed E-state index contributed by atoms with van der Waals surface area (Å²) in [6.07, 6.45) is 3.63. The predicted molar refractivity (Wildman–Crippen MR) is 125 cm³/mol. The van der Waals surface area contributed by atoms with Crippen LogP contribution in [0.15, 0.2) is 65.9 Å². The molecule has 0 bridgehead atoms. The minimum Gasteiger partial charge on any atom is -0.493 e. The van der Waals surface area contributed by atoms with Crippen molar-refractivity contribution >= 4 is 12.2 Å². The Kier molecular flexibility index (Phi) is 6.12. The smallest absolute Gasteiger partial charge is 0.243 e. The van der Waals surface area contributed by atoms with Crippen LogP contribution in [0.3, 0.4) is 0 Å². The molecule has 0 amide bonds. The van der Waals surface area contributed by atoms with Gasteiger partial charge in [0.2, 0.25) is 5.95 Å². The standard InChI is InChI=1S/C24H24N6O2/c1-16-12-17(2)27-24(26-16)28-25-14-19-15-30(20-8-6-5-7-9-20)29-23(19)18-10-11-21(31-3)22(13-18)32-4/h5-15H,1-4H3,(H,26,27,28). The molecule has 162 valence electrons. The quantitative estimate of drug-likeness (QED) is 0.347. The highest BCUT2D eigenvalue weighted by Gasteiger charge is 2.14. The van der Waals surface area contributed by atoms with E-state index in [2.05, 4.69) is 20.5 Å². The van der Waals surface area contributed by atoms with E-state index in [1.807, 2.05) is 79.3 Å². The average molecular weight is 428 g/mol. The van der Waals surface area contributed by atoms with Crippen LogP contribution in [0, 0.1) is 13.8 Å². The van der Waals surface area contributed by atoms with E-state index in [1.54, 1.807) is 20.4 Å². The van der Waals surface area contributed by atoms with Crippen molar-refractivity contribution in [2.24, 2.45) is 5.10 Å². The number of aromatic nitrogens is 4. The number of anilines is 1. The van der Waals surface area contributed by atoms with E-state index in [1.165, 1.54) is 0 Å². The summed E-state index contributed by atoms with van der Waals surface area (Å²) in [6, 6.07) is 17.5. The molecular formula is C24H24N6O2. The third kappa shape index (κ3) is 4.59. The number of aryl methyl sites for hydroxylation is 2. The summed E-state index contributed by atoms with van der Waals surface area (Å²) in [6.45, 7) is 3.84. The van der Waals surface area contributed by atoms with Crippen molar-refractivity contribution in [3.05, 3.63) is 77.7 Å². The van der Waals surface area contributed by atoms with E-state index in [4.69, 9.17) is 14.6 Å². The normalized spacial score (nSPS) is 11.0. The molecule has 0 fully saturated rings. The molecule has 4 rings (SSSR count). The van der Waals surface area contributed by atoms with Gasteiger partial charge in [0, 0.05) is 28.7 Å². The van der Waals surface area contributed by atoms with Crippen molar-refractivity contribution in [3.63, 3.8) is 0 Å². The van der Waals surface area contributed by atoms with Crippen molar-refractivity contribution in [2.75, 3.05) is 19.6 Å². The third-order valence-electron chi connectivity index (χ3n) is 4.77. The van der Waals surface area contributed by atoms with Crippen molar-refractivity contribution in [3.8, 4) is 28.4 Å². The Morgan fingerprint density at radius 1 is 0.906 bits per heavy atom. The van der Waals surface area contributed by atoms with Gasteiger partial charge in [0.15, 0.2) is 11.5 Å². The fourth-order valence-electron chi connectivity index (χ4n) is 3.34. The number of rotatable bonds is 7. The molecule has 0 unspecified atom stereocenters. The van der Waals surface area contributed by atoms with Crippen LogP contribution in [0.4, 0.5) is 5.95 Å². The molecule has 2 aromatic heterocycles. The number of hydrogen-bond acceptors (Lipinski definition) is 7. The lowest BCUT2D eigenvalue weighted by atomic mass is 10.1. The monoisotopic (exact) mass is 428 g/mol. The van der Waals surface area contributed by atoms with Gasteiger partial charge < -0.3 is 9.47 Å². The SMILES string of the molecule is COc1ccc(-c2nn(-c3ccccc3)cc2C=NNc2nc(C)cc(C)n2)cc1OC. The van der Waals surface area contributed by atoms with Gasteiger partial charge in [-0.2, -0.15) is 10.2 Å². The first-order valence-electron chi connectivity index (χ1n) is 10.1. The van der Waals surface area contributed by atoms with Gasteiger partial charge in [-0.3, -0.25) is 0 Å². The van der Waals surface area contributed by atoms with Crippen LogP contribution in [-0.2, 0) is 0 Å². The van der Waals surface area contributed by atoms with E-state index in [0.717, 1.165) is 33.9 Å². The van der Waals surface area contributed by atoms with Gasteiger partial charge in [0.05, 0.1) is 26.1 Å². The van der Waals surface area contributed by atoms with Gasteiger partial charge in [-0.25, -0.2) is 20.1 Å². The number of para-hydroxylation sites is 1. The summed E-state index contributed by atoms with van der Waals surface area (Å²) < 4.78 is 12.7. The molecule has 2 heterocycles. The van der Waals surface area contributed by atoms with Crippen LogP contribution in [0.2, 0.25) is 0 Å². The Bertz CT molecular complexity index is 1230. The topological polar surface area (TPSA) is 86.5 Å². The molecule has 0 atom stereocenters. The zero-order valence-electron chi connectivity index (χ0n) is 18.4. The van der Waals surface area contributed by atoms with E-state index in [-0.39, 0.29) is 0 Å². The number of methoxy groups -OCH3 is 2. The molecule has 8 nitrogen and oxygen atoms in total. The second-order valence-corrected chi connectivity index (χ2v) is 7.13. The largest absolute Gasteiger partial charge is 0.493 e. The lowest BCUT2D eigenvalue weighted by Crippen LogP contribution is -1.99. The maximum Gasteiger partial charge on any atom is 0.243 e. The first-order valence-corrected chi connectivity index (χ1v) is 10.1. The summed E-state index contributed by atoms with van der Waals surface area (Å²) in [7, 11) is 3.22. The van der Waals surface area contributed by atoms with Crippen molar-refractivity contribution in [1.29, 1.82) is 0 Å². The summed E-state index contributed by atoms with van der Waals surface area (Å²) in [5.41, 5.74) is 8.04. The highest BCUT2D eigenvalue weighted by molar-refractivity contribution is 5.89. The third-order valence-corrected chi connectivity index (χ3v) is 4.77. The number of hydrogen-bond donors (Lipinski definition) is 1. The van der Waals surface area contributed by atoms with E-state index >= 15 is 0 Å². The van der Waals surface area contributed by atoms with Crippen LogP contribution >= 0.6 is 0 Å². The minimum atomic E-state index is 0.446. The van der Waals surface area contributed by atoms with Gasteiger partial charge >= 0.3 is 0 Å². The van der Waals surface area contributed by atoms with Crippen LogP contribution < -0.4 is 14.9 Å². The molecular weight excluding hydrogens is 404 g/mol. The summed E-state index contributed by atoms with van der Waals surface area (Å²) >= 11 is 0. The minimum absolute atomic E-state index is 0.446. The van der Waals surface area contributed by atoms with Gasteiger partial charge in [-0.15, -0.1) is 0 Å². The molecule has 4 aromatic rings. The summed E-state index contributed by atoms with van der Waals surface area (Å²) in [5, 5.41) is 9.16. The summed E-state index contributed by atoms with van der Waals surface area (Å²) in [4.78, 5) is 8.71. The van der Waals surface area contributed by atoms with Crippen LogP contribution in [0.1, 0.15) is 17.0 Å². The number of benzene rings is 2. The Hall–Kier alpha value is -4.20. The fraction of sp³-hybridized carbons (Fsp3) is 0.167. The zero-order chi connectivity index (χ0) is 22.5. The second-order valence-electron chi connectivity index (χ2n) is 7.13. The molecule has 0 aliphatic heterocycles. The van der Waals surface area contributed by atoms with E-state index in [9.17, 15) is 0 Å². The Labute approximate surface area is 186 Å². The highest BCUT2D eigenvalue weighted by atomic mass is 16.5. The van der Waals surface area contributed by atoms with Crippen LogP contribution in [0.25, 0.3) is 16.9 Å². The lowest BCUT2D eigenvalue weighted by Gasteiger charge is -2.09. The maximum atomic E-state index is 5.47. The van der Waals surface area contributed by atoms with Crippen LogP contribution in [-0.4, -0.2) is 40.2 Å². The molecule has 0 spiro atoms. The molecule has 2 aromatic carbocycles. The first-order chi connectivity index (χ1) is 15.6. The number of nitrogens with one attached hydrogen (secondary N) is 1. The number of nitrogens with zero attached hydrogens (tertiary/aromatic N) is 5. The molecule has 32 heavy (non-hydrogen) atoms. The molecule has 0 radical (unpaired) electrons. The molecule has 0 aliphatic rings. The van der Waals surface area contributed by atoms with Gasteiger partial charge in [-0.1, -0.05) is 18.2 Å². The van der Waals surface area contributed by atoms with Gasteiger partial charge in [0.25, 0.3) is 0 Å². The van der Waals surface area contributed by atoms with E-state index < -0.39 is 0 Å². The van der Waals surface area contributed by atoms with Crippen molar-refractivity contribution < 1.29 is 9.47 Å². The Balaban J connectivity index is 1.72. The Morgan fingerprint density at radius 2 is 1.62 bits per heavy atom. The van der Waals surface area contributed by atoms with Crippen LogP contribution in [0.5, 0.6) is 11.5 Å². The van der Waals surface area contributed by atoms with Gasteiger partial charge in [0.1, 0.15) is 5.69 Å². The number of ether oxygens (including phenoxy) is 2. The van der Waals surface area contributed by atoms with E-state index in [0.29, 0.717) is 17.4 Å². The van der Waals surface area contributed by atoms with Gasteiger partial charge in [-0.05, 0) is 50.2 Å². The van der Waals surface area contributed by atoms with Crippen molar-refractivity contribution in [1.82, 2.24) is 19.7 Å². The van der Waals surface area contributed by atoms with Crippen molar-refractivity contribution in [2.45, 2.75) is 13.8 Å². The number of hydrazone groups is 1. The average Bonchev–Trinajstić information content (AvgIpc) is 3.22. The highest BCUT2D eigenvalue weighted by Crippen LogP contribution is 2.33.